The van der Waals surface area contributed by atoms with Gasteiger partial charge in [-0.2, -0.15) is 32.8 Å². The van der Waals surface area contributed by atoms with Crippen molar-refractivity contribution in [3.05, 3.63) is 101 Å². The van der Waals surface area contributed by atoms with Crippen LogP contribution in [0.5, 0.6) is 0 Å². The Hall–Kier alpha value is -4.16. The quantitative estimate of drug-likeness (QED) is 0.0508. The van der Waals surface area contributed by atoms with Crippen molar-refractivity contribution in [3.63, 3.8) is 0 Å². The number of carbonyl (C=O) groups is 1. The van der Waals surface area contributed by atoms with E-state index in [1.165, 1.54) is 7.05 Å². The van der Waals surface area contributed by atoms with Crippen molar-refractivity contribution in [2.75, 3.05) is 48.4 Å². The van der Waals surface area contributed by atoms with Crippen LogP contribution >= 0.6 is 0 Å². The first-order valence-corrected chi connectivity index (χ1v) is 19.5. The number of urea groups is 1. The number of amides is 2. The Kier molecular flexibility index (Phi) is 12.4. The Labute approximate surface area is 299 Å². The minimum Gasteiger partial charge on any atom is -0.343 e. The Bertz CT molecular complexity index is 2020. The molecular weight excluding hydrogens is 697 g/mol. The molecule has 16 heteroatoms. The highest BCUT2D eigenvalue weighted by atomic mass is 32.2. The SMILES string of the molecule is CNC(=O)Nc1ccc2c(c1)C(C)(C)C(/C=C/C=C/C=C/C=C1/N(CCS(=O)(=O)O)c3ccc(CCNON)cc3C1(C)C)=[N+]2CCS(=O)(=O)O. The molecule has 0 saturated heterocycles. The summed E-state index contributed by atoms with van der Waals surface area (Å²) in [6.45, 7) is 8.74. The molecule has 0 unspecified atom stereocenters. The van der Waals surface area contributed by atoms with Gasteiger partial charge in [-0.25, -0.2) is 9.73 Å². The number of anilines is 2. The molecule has 2 amide bonds. The lowest BCUT2D eigenvalue weighted by Gasteiger charge is -2.26. The molecule has 2 aliphatic heterocycles. The molecule has 2 aromatic rings. The highest BCUT2D eigenvalue weighted by Gasteiger charge is 2.45. The highest BCUT2D eigenvalue weighted by molar-refractivity contribution is 7.86. The molecule has 0 atom stereocenters. The summed E-state index contributed by atoms with van der Waals surface area (Å²) in [5.74, 6) is 4.18. The van der Waals surface area contributed by atoms with E-state index in [1.54, 1.807) is 6.07 Å². The van der Waals surface area contributed by atoms with Crippen LogP contribution in [0.3, 0.4) is 0 Å². The molecule has 7 N–H and O–H groups in total. The summed E-state index contributed by atoms with van der Waals surface area (Å²) in [5.41, 5.74) is 8.43. The second-order valence-corrected chi connectivity index (χ2v) is 16.4. The van der Waals surface area contributed by atoms with Crippen molar-refractivity contribution in [1.82, 2.24) is 10.8 Å². The summed E-state index contributed by atoms with van der Waals surface area (Å²) in [6, 6.07) is 11.0. The van der Waals surface area contributed by atoms with Crippen LogP contribution in [0.4, 0.5) is 21.9 Å². The fraction of sp³-hybridized carbons (Fsp3) is 0.371. The number of nitrogens with zero attached hydrogens (tertiary/aromatic N) is 2. The molecule has 51 heavy (non-hydrogen) atoms. The smallest absolute Gasteiger partial charge is 0.318 e. The highest BCUT2D eigenvalue weighted by Crippen LogP contribution is 2.48. The predicted molar refractivity (Wildman–Crippen MR) is 199 cm³/mol. The molecule has 0 saturated carbocycles. The lowest BCUT2D eigenvalue weighted by atomic mass is 9.81. The number of nitrogens with two attached hydrogens (primary N) is 1. The van der Waals surface area contributed by atoms with Crippen LogP contribution in [0.15, 0.2) is 84.6 Å². The molecule has 0 radical (unpaired) electrons. The van der Waals surface area contributed by atoms with Crippen molar-refractivity contribution in [2.24, 2.45) is 5.90 Å². The van der Waals surface area contributed by atoms with Gasteiger partial charge in [0, 0.05) is 60.3 Å². The molecule has 0 fully saturated rings. The molecule has 0 spiro atoms. The van der Waals surface area contributed by atoms with Crippen molar-refractivity contribution in [2.45, 2.75) is 44.9 Å². The lowest BCUT2D eigenvalue weighted by molar-refractivity contribution is -0.432. The maximum Gasteiger partial charge on any atom is 0.318 e. The van der Waals surface area contributed by atoms with Gasteiger partial charge in [0.05, 0.1) is 11.2 Å². The first-order chi connectivity index (χ1) is 23.9. The van der Waals surface area contributed by atoms with Gasteiger partial charge in [0.2, 0.25) is 5.69 Å². The summed E-state index contributed by atoms with van der Waals surface area (Å²) in [7, 11) is -6.90. The van der Waals surface area contributed by atoms with Gasteiger partial charge < -0.3 is 15.5 Å². The van der Waals surface area contributed by atoms with Crippen molar-refractivity contribution in [3.8, 4) is 0 Å². The summed E-state index contributed by atoms with van der Waals surface area (Å²) < 4.78 is 67.6. The third-order valence-corrected chi connectivity index (χ3v) is 10.4. The zero-order chi connectivity index (χ0) is 37.6. The molecule has 0 aromatic heterocycles. The lowest BCUT2D eigenvalue weighted by Crippen LogP contribution is -2.30. The first-order valence-electron chi connectivity index (χ1n) is 16.3. The average molecular weight is 744 g/mol. The Morgan fingerprint density at radius 1 is 0.922 bits per heavy atom. The molecular formula is C35H47N6O8S2+. The van der Waals surface area contributed by atoms with Gasteiger partial charge in [-0.15, -0.1) is 0 Å². The van der Waals surface area contributed by atoms with Gasteiger partial charge in [0.25, 0.3) is 20.2 Å². The van der Waals surface area contributed by atoms with E-state index in [9.17, 15) is 30.7 Å². The molecule has 14 nitrogen and oxygen atoms in total. The largest absolute Gasteiger partial charge is 0.343 e. The first kappa shape index (κ1) is 39.6. The Balaban J connectivity index is 1.59. The predicted octanol–water partition coefficient (Wildman–Crippen LogP) is 3.88. The van der Waals surface area contributed by atoms with Crippen LogP contribution < -0.4 is 26.9 Å². The van der Waals surface area contributed by atoms with Crippen LogP contribution in [0, 0.1) is 0 Å². The van der Waals surface area contributed by atoms with E-state index in [4.69, 9.17) is 5.90 Å². The van der Waals surface area contributed by atoms with E-state index in [-0.39, 0.29) is 19.1 Å². The number of benzene rings is 2. The van der Waals surface area contributed by atoms with E-state index in [0.29, 0.717) is 18.7 Å². The van der Waals surface area contributed by atoms with Crippen molar-refractivity contribution < 1.29 is 40.2 Å². The molecule has 2 aromatic carbocycles. The van der Waals surface area contributed by atoms with Gasteiger partial charge in [0.15, 0.2) is 12.3 Å². The van der Waals surface area contributed by atoms with E-state index >= 15 is 0 Å². The fourth-order valence-corrected chi connectivity index (χ4v) is 7.29. The fourth-order valence-electron chi connectivity index (χ4n) is 6.46. The normalized spacial score (nSPS) is 17.6. The number of allylic oxidation sites excluding steroid dienone is 8. The zero-order valence-electron chi connectivity index (χ0n) is 29.4. The minimum absolute atomic E-state index is 0.0289. The topological polar surface area (TPSA) is 203 Å². The van der Waals surface area contributed by atoms with Crippen LogP contribution in [0.1, 0.15) is 44.4 Å². The van der Waals surface area contributed by atoms with E-state index in [2.05, 4.69) is 41.0 Å². The third-order valence-electron chi connectivity index (χ3n) is 9.03. The van der Waals surface area contributed by atoms with E-state index < -0.39 is 42.6 Å². The van der Waals surface area contributed by atoms with Crippen molar-refractivity contribution >= 4 is 49.0 Å². The second kappa shape index (κ2) is 16.0. The minimum atomic E-state index is -4.22. The number of rotatable bonds is 15. The molecule has 0 bridgehead atoms. The van der Waals surface area contributed by atoms with Crippen LogP contribution in [-0.2, 0) is 42.4 Å². The number of hydroxylamine groups is 1. The van der Waals surface area contributed by atoms with Crippen LogP contribution in [0.25, 0.3) is 0 Å². The average Bonchev–Trinajstić information content (AvgIpc) is 3.39. The summed E-state index contributed by atoms with van der Waals surface area (Å²) in [4.78, 5) is 18.3. The standard InChI is InChI=1S/C35H46N6O8S2/c1-34(2)27-23-25(17-18-38-49-36)13-15-29(27)40(19-21-50(43,44)45)31(34)11-9-7-6-8-10-12-32-35(3,4)28-24-26(39-33(42)37-5)14-16-30(28)41(32)20-22-51(46,47)48/h6-16,23-24,38H,17-22,36H2,1-5H3,(H3-,37,39,42,43,44,45,46,47,48)/p+1. The number of fused-ring (bicyclic) bond motifs is 2. The number of hydrogen-bond acceptors (Lipinski definition) is 9. The zero-order valence-corrected chi connectivity index (χ0v) is 31.0. The summed E-state index contributed by atoms with van der Waals surface area (Å²) >= 11 is 0. The Morgan fingerprint density at radius 2 is 1.61 bits per heavy atom. The summed E-state index contributed by atoms with van der Waals surface area (Å²) in [5, 5.41) is 5.29. The maximum absolute atomic E-state index is 11.9. The second-order valence-electron chi connectivity index (χ2n) is 13.2. The van der Waals surface area contributed by atoms with Crippen LogP contribution in [0.2, 0.25) is 0 Å². The van der Waals surface area contributed by atoms with Gasteiger partial charge in [-0.05, 0) is 55.7 Å². The van der Waals surface area contributed by atoms with Gasteiger partial charge >= 0.3 is 6.03 Å². The van der Waals surface area contributed by atoms with Gasteiger partial charge in [0.1, 0.15) is 5.75 Å². The van der Waals surface area contributed by atoms with Crippen molar-refractivity contribution in [1.29, 1.82) is 0 Å². The summed E-state index contributed by atoms with van der Waals surface area (Å²) in [6.07, 6.45) is 13.7. The molecule has 0 aliphatic carbocycles. The number of hydrogen-bond donors (Lipinski definition) is 6. The van der Waals surface area contributed by atoms with E-state index in [1.807, 2.05) is 90.1 Å². The van der Waals surface area contributed by atoms with Gasteiger partial charge in [-0.1, -0.05) is 56.4 Å². The van der Waals surface area contributed by atoms with Crippen LogP contribution in [-0.4, -0.2) is 80.4 Å². The number of carbonyl (C=O) groups excluding carboxylic acids is 1. The molecule has 2 aliphatic rings. The number of nitrogens with one attached hydrogen (secondary N) is 3. The Morgan fingerprint density at radius 3 is 2.27 bits per heavy atom. The maximum atomic E-state index is 11.9. The third kappa shape index (κ3) is 9.79. The monoisotopic (exact) mass is 743 g/mol. The van der Waals surface area contributed by atoms with E-state index in [0.717, 1.165) is 39.5 Å². The van der Waals surface area contributed by atoms with Gasteiger partial charge in [-0.3, -0.25) is 9.11 Å². The molecule has 2 heterocycles. The molecule has 276 valence electrons. The molecule has 4 rings (SSSR count).